The quantitative estimate of drug-likeness (QED) is 0.615. The Kier molecular flexibility index (Phi) is 9.16. The molecular formula is C13H25NO5. The van der Waals surface area contributed by atoms with Gasteiger partial charge in [-0.05, 0) is 5.92 Å². The Morgan fingerprint density at radius 2 is 1.47 bits per heavy atom. The maximum atomic E-state index is 11.2. The number of esters is 2. The highest BCUT2D eigenvalue weighted by atomic mass is 16.5. The number of methoxy groups -OCH3 is 2. The first-order chi connectivity index (χ1) is 8.96. The normalized spacial score (nSPS) is 12.6. The molecule has 0 heterocycles. The molecule has 0 aromatic rings. The molecule has 0 saturated heterocycles. The largest absolute Gasteiger partial charge is 0.469 e. The average molecular weight is 275 g/mol. The van der Waals surface area contributed by atoms with Gasteiger partial charge in [0.05, 0.1) is 33.7 Å². The van der Waals surface area contributed by atoms with Crippen LogP contribution in [0.4, 0.5) is 0 Å². The Balaban J connectivity index is 4.52. The van der Waals surface area contributed by atoms with Crippen LogP contribution < -0.4 is 0 Å². The lowest BCUT2D eigenvalue weighted by atomic mass is 10.0. The second-order valence-electron chi connectivity index (χ2n) is 4.68. The number of nitrogens with zero attached hydrogens (tertiary/aromatic N) is 1. The zero-order valence-corrected chi connectivity index (χ0v) is 12.2. The number of rotatable bonds is 9. The molecule has 6 heteroatoms. The molecule has 6 nitrogen and oxygen atoms in total. The Morgan fingerprint density at radius 3 is 1.74 bits per heavy atom. The van der Waals surface area contributed by atoms with Gasteiger partial charge in [0.25, 0.3) is 0 Å². The second-order valence-corrected chi connectivity index (χ2v) is 4.68. The van der Waals surface area contributed by atoms with E-state index in [1.54, 1.807) is 0 Å². The van der Waals surface area contributed by atoms with E-state index in [4.69, 9.17) is 0 Å². The summed E-state index contributed by atoms with van der Waals surface area (Å²) in [5.74, 6) is -0.382. The highest BCUT2D eigenvalue weighted by molar-refractivity contribution is 5.70. The molecule has 0 bridgehead atoms. The van der Waals surface area contributed by atoms with Crippen LogP contribution in [0.5, 0.6) is 0 Å². The summed E-state index contributed by atoms with van der Waals surface area (Å²) >= 11 is 0. The van der Waals surface area contributed by atoms with Crippen molar-refractivity contribution in [2.75, 3.05) is 33.9 Å². The number of aliphatic hydroxyl groups is 1. The Labute approximate surface area is 114 Å². The molecule has 0 aromatic heterocycles. The topological polar surface area (TPSA) is 76.1 Å². The van der Waals surface area contributed by atoms with Gasteiger partial charge in [0.1, 0.15) is 0 Å². The standard InChI is InChI=1S/C13H25NO5/c1-10(2)11(9-15)14(7-5-12(16)18-3)8-6-13(17)19-4/h10-11,15H,5-9H2,1-4H3/t11-/m1/s1. The molecule has 112 valence electrons. The summed E-state index contributed by atoms with van der Waals surface area (Å²) in [4.78, 5) is 24.3. The van der Waals surface area contributed by atoms with Crippen molar-refractivity contribution in [3.05, 3.63) is 0 Å². The van der Waals surface area contributed by atoms with E-state index in [1.165, 1.54) is 14.2 Å². The van der Waals surface area contributed by atoms with Crippen LogP contribution in [0.25, 0.3) is 0 Å². The van der Waals surface area contributed by atoms with Crippen molar-refractivity contribution in [1.82, 2.24) is 4.90 Å². The van der Waals surface area contributed by atoms with Crippen LogP contribution in [0, 0.1) is 5.92 Å². The van der Waals surface area contributed by atoms with Crippen molar-refractivity contribution in [3.63, 3.8) is 0 Å². The number of carbonyl (C=O) groups excluding carboxylic acids is 2. The highest BCUT2D eigenvalue weighted by Gasteiger charge is 2.22. The Bertz CT molecular complexity index is 260. The number of hydrogen-bond acceptors (Lipinski definition) is 6. The zero-order valence-electron chi connectivity index (χ0n) is 12.2. The first-order valence-electron chi connectivity index (χ1n) is 6.44. The minimum Gasteiger partial charge on any atom is -0.469 e. The number of carbonyl (C=O) groups is 2. The summed E-state index contributed by atoms with van der Waals surface area (Å²) in [5, 5.41) is 9.44. The minimum absolute atomic E-state index is 0.0139. The molecule has 1 N–H and O–H groups in total. The van der Waals surface area contributed by atoms with E-state index < -0.39 is 0 Å². The van der Waals surface area contributed by atoms with Crippen molar-refractivity contribution < 1.29 is 24.2 Å². The van der Waals surface area contributed by atoms with Gasteiger partial charge in [-0.1, -0.05) is 13.8 Å². The van der Waals surface area contributed by atoms with E-state index in [-0.39, 0.29) is 43.3 Å². The van der Waals surface area contributed by atoms with Crippen LogP contribution in [-0.4, -0.2) is 61.9 Å². The van der Waals surface area contributed by atoms with Crippen molar-refractivity contribution in [2.45, 2.75) is 32.7 Å². The molecule has 0 unspecified atom stereocenters. The first kappa shape index (κ1) is 17.9. The molecule has 0 aromatic carbocycles. The molecule has 0 spiro atoms. The van der Waals surface area contributed by atoms with Crippen LogP contribution in [0.2, 0.25) is 0 Å². The minimum atomic E-state index is -0.302. The van der Waals surface area contributed by atoms with Gasteiger partial charge in [0.15, 0.2) is 0 Å². The van der Waals surface area contributed by atoms with Gasteiger partial charge in [-0.2, -0.15) is 0 Å². The van der Waals surface area contributed by atoms with Crippen LogP contribution in [0.3, 0.4) is 0 Å². The van der Waals surface area contributed by atoms with E-state index in [9.17, 15) is 14.7 Å². The lowest BCUT2D eigenvalue weighted by Gasteiger charge is -2.32. The van der Waals surface area contributed by atoms with E-state index in [0.717, 1.165) is 0 Å². The van der Waals surface area contributed by atoms with Crippen molar-refractivity contribution in [1.29, 1.82) is 0 Å². The SMILES string of the molecule is COC(=O)CCN(CCC(=O)OC)[C@H](CO)C(C)C. The molecule has 0 rings (SSSR count). The van der Waals surface area contributed by atoms with Gasteiger partial charge in [0, 0.05) is 19.1 Å². The van der Waals surface area contributed by atoms with Gasteiger partial charge in [-0.3, -0.25) is 14.5 Å². The molecule has 0 saturated carbocycles. The van der Waals surface area contributed by atoms with Gasteiger partial charge in [-0.25, -0.2) is 0 Å². The van der Waals surface area contributed by atoms with E-state index >= 15 is 0 Å². The third-order valence-corrected chi connectivity index (χ3v) is 3.09. The molecule has 0 aliphatic rings. The summed E-state index contributed by atoms with van der Waals surface area (Å²) in [6.45, 7) is 4.87. The molecule has 19 heavy (non-hydrogen) atoms. The highest BCUT2D eigenvalue weighted by Crippen LogP contribution is 2.12. The zero-order chi connectivity index (χ0) is 14.8. The summed E-state index contributed by atoms with van der Waals surface area (Å²) in [6.07, 6.45) is 0.474. The second kappa shape index (κ2) is 9.75. The lowest BCUT2D eigenvalue weighted by Crippen LogP contribution is -2.43. The van der Waals surface area contributed by atoms with Crippen molar-refractivity contribution in [2.24, 2.45) is 5.92 Å². The fraction of sp³-hybridized carbons (Fsp3) is 0.846. The number of ether oxygens (including phenoxy) is 2. The van der Waals surface area contributed by atoms with E-state index in [1.807, 2.05) is 18.7 Å². The monoisotopic (exact) mass is 275 g/mol. The van der Waals surface area contributed by atoms with Gasteiger partial charge >= 0.3 is 11.9 Å². The fourth-order valence-electron chi connectivity index (χ4n) is 1.87. The maximum Gasteiger partial charge on any atom is 0.306 e. The average Bonchev–Trinajstić information content (AvgIpc) is 2.40. The molecule has 0 aliphatic heterocycles. The molecular weight excluding hydrogens is 250 g/mol. The van der Waals surface area contributed by atoms with E-state index in [2.05, 4.69) is 9.47 Å². The van der Waals surface area contributed by atoms with Crippen LogP contribution in [0.1, 0.15) is 26.7 Å². The van der Waals surface area contributed by atoms with Crippen LogP contribution in [-0.2, 0) is 19.1 Å². The third-order valence-electron chi connectivity index (χ3n) is 3.09. The number of aliphatic hydroxyl groups excluding tert-OH is 1. The molecule has 0 aliphatic carbocycles. The Morgan fingerprint density at radius 1 is 1.05 bits per heavy atom. The molecule has 0 amide bonds. The smallest absolute Gasteiger partial charge is 0.306 e. The van der Waals surface area contributed by atoms with Crippen molar-refractivity contribution in [3.8, 4) is 0 Å². The fourth-order valence-corrected chi connectivity index (χ4v) is 1.87. The van der Waals surface area contributed by atoms with Gasteiger partial charge in [-0.15, -0.1) is 0 Å². The van der Waals surface area contributed by atoms with Crippen LogP contribution in [0.15, 0.2) is 0 Å². The third kappa shape index (κ3) is 7.12. The summed E-state index contributed by atoms with van der Waals surface area (Å²) in [5.41, 5.74) is 0. The Hall–Kier alpha value is -1.14. The summed E-state index contributed by atoms with van der Waals surface area (Å²) in [7, 11) is 2.68. The van der Waals surface area contributed by atoms with Crippen molar-refractivity contribution >= 4 is 11.9 Å². The summed E-state index contributed by atoms with van der Waals surface area (Å²) < 4.78 is 9.20. The number of hydrogen-bond donors (Lipinski definition) is 1. The lowest BCUT2D eigenvalue weighted by molar-refractivity contribution is -0.141. The predicted octanol–water partition coefficient (Wildman–Crippen LogP) is 0.431. The van der Waals surface area contributed by atoms with E-state index in [0.29, 0.717) is 13.1 Å². The van der Waals surface area contributed by atoms with Gasteiger partial charge < -0.3 is 14.6 Å². The van der Waals surface area contributed by atoms with Gasteiger partial charge in [0.2, 0.25) is 0 Å². The van der Waals surface area contributed by atoms with Crippen LogP contribution >= 0.6 is 0 Å². The summed E-state index contributed by atoms with van der Waals surface area (Å²) in [6, 6.07) is -0.0886. The molecule has 1 atom stereocenters. The molecule has 0 fully saturated rings. The maximum absolute atomic E-state index is 11.2. The predicted molar refractivity (Wildman–Crippen MR) is 70.6 cm³/mol. The molecule has 0 radical (unpaired) electrons. The first-order valence-corrected chi connectivity index (χ1v) is 6.44.